The molecule has 1 heterocycles. The van der Waals surface area contributed by atoms with Gasteiger partial charge in [0.25, 0.3) is 0 Å². The second-order valence-corrected chi connectivity index (χ2v) is 12.1. The van der Waals surface area contributed by atoms with Crippen molar-refractivity contribution in [3.63, 3.8) is 0 Å². The maximum atomic E-state index is 14.1. The van der Waals surface area contributed by atoms with Gasteiger partial charge >= 0.3 is 0 Å². The number of amides is 2. The van der Waals surface area contributed by atoms with Gasteiger partial charge in [-0.1, -0.05) is 0 Å². The molecule has 4 unspecified atom stereocenters. The topological polar surface area (TPSA) is 231 Å². The highest BCUT2D eigenvalue weighted by molar-refractivity contribution is 6.32. The van der Waals surface area contributed by atoms with Crippen molar-refractivity contribution < 1.29 is 38.3 Å². The van der Waals surface area contributed by atoms with Crippen LogP contribution in [0.15, 0.2) is 39.9 Å². The maximum absolute atomic E-state index is 14.1. The van der Waals surface area contributed by atoms with Crippen molar-refractivity contribution in [2.45, 2.75) is 24.5 Å². The van der Waals surface area contributed by atoms with E-state index in [0.29, 0.717) is 17.1 Å². The Morgan fingerprint density at radius 3 is 2.40 bits per heavy atom. The lowest BCUT2D eigenvalue weighted by Gasteiger charge is -2.52. The second kappa shape index (κ2) is 11.6. The molecule has 238 valence electrons. The number of guanidine groups is 1. The van der Waals surface area contributed by atoms with Crippen LogP contribution < -0.4 is 27.0 Å². The molecule has 0 aliphatic heterocycles. The van der Waals surface area contributed by atoms with E-state index in [1.165, 1.54) is 17.2 Å². The Morgan fingerprint density at radius 2 is 1.80 bits per heavy atom. The lowest BCUT2D eigenvalue weighted by Crippen LogP contribution is -2.74. The highest BCUT2D eigenvalue weighted by Gasteiger charge is 2.69. The van der Waals surface area contributed by atoms with Gasteiger partial charge in [0, 0.05) is 43.0 Å². The number of aliphatic imine (C=N–C) groups is 1. The van der Waals surface area contributed by atoms with Crippen molar-refractivity contribution in [3.8, 4) is 0 Å². The Balaban J connectivity index is 1.47. The Labute approximate surface area is 258 Å². The second-order valence-electron chi connectivity index (χ2n) is 12.1. The van der Waals surface area contributed by atoms with Crippen molar-refractivity contribution in [1.29, 1.82) is 0 Å². The summed E-state index contributed by atoms with van der Waals surface area (Å²) in [6, 6.07) is 5.25. The van der Waals surface area contributed by atoms with E-state index < -0.39 is 70.3 Å². The molecular formula is C30H35N7O8. The van der Waals surface area contributed by atoms with Gasteiger partial charge in [-0.2, -0.15) is 0 Å². The van der Waals surface area contributed by atoms with Crippen LogP contribution in [0.25, 0.3) is 0 Å². The molecule has 0 bridgehead atoms. The van der Waals surface area contributed by atoms with Crippen LogP contribution in [-0.2, 0) is 30.4 Å². The predicted octanol–water partition coefficient (Wildman–Crippen LogP) is -0.814. The molecule has 0 spiro atoms. The number of nitrogens with zero attached hydrogens (tertiary/aromatic N) is 3. The molecule has 2 saturated carbocycles. The van der Waals surface area contributed by atoms with Crippen LogP contribution in [0.4, 0.5) is 17.3 Å². The van der Waals surface area contributed by atoms with E-state index in [4.69, 9.17) is 15.9 Å². The zero-order chi connectivity index (χ0) is 33.0. The van der Waals surface area contributed by atoms with Crippen molar-refractivity contribution in [2.24, 2.45) is 40.1 Å². The van der Waals surface area contributed by atoms with E-state index in [9.17, 15) is 33.9 Å². The first-order valence-corrected chi connectivity index (χ1v) is 14.3. The fraction of sp³-hybridized carbons (Fsp3) is 0.433. The number of aliphatic hydroxyl groups is 1. The summed E-state index contributed by atoms with van der Waals surface area (Å²) in [6.07, 6.45) is 1.67. The highest BCUT2D eigenvalue weighted by atomic mass is 16.3. The van der Waals surface area contributed by atoms with E-state index in [2.05, 4.69) is 15.6 Å². The number of fused-ring (bicyclic) bond motifs is 3. The zero-order valence-corrected chi connectivity index (χ0v) is 25.2. The first-order chi connectivity index (χ1) is 21.2. The van der Waals surface area contributed by atoms with Gasteiger partial charge in [0.15, 0.2) is 46.5 Å². The number of Topliss-reactive ketones (excluding diaryl/α,β-unsaturated/α-hetero) is 4. The molecule has 1 aromatic carbocycles. The number of hydrogen-bond acceptors (Lipinski definition) is 11. The van der Waals surface area contributed by atoms with Crippen LogP contribution in [0.1, 0.15) is 22.3 Å². The standard InChI is InChI=1S/C30H35N7O8/c1-36(2)18-11-14(34-19(38)12-33-29(32)35-20-6-5-7-45-20)10-16-15(18)8-13-9-17-23(37(3)4)25(40)22(28(31)43)27(42)30(17,44)26(41)21(13)24(16)39/h5-7,10-11,13,17,21-23,44H,8-9,12H2,1-4H3,(H2,31,43)(H,34,38)(H3,32,33,35)/t13?,17?,21?,22?,23-,30-/m0/s1. The fourth-order valence-corrected chi connectivity index (χ4v) is 6.93. The third kappa shape index (κ3) is 5.27. The van der Waals surface area contributed by atoms with Gasteiger partial charge in [-0.15, -0.1) is 0 Å². The number of carbonyl (C=O) groups excluding carboxylic acids is 6. The van der Waals surface area contributed by atoms with Crippen molar-refractivity contribution in [3.05, 3.63) is 41.7 Å². The largest absolute Gasteiger partial charge is 0.449 e. The number of nitrogens with two attached hydrogens (primary N) is 2. The van der Waals surface area contributed by atoms with Crippen LogP contribution in [0.3, 0.4) is 0 Å². The Kier molecular flexibility index (Phi) is 8.10. The third-order valence-corrected chi connectivity index (χ3v) is 8.83. The molecule has 15 nitrogen and oxygen atoms in total. The molecule has 6 atom stereocenters. The highest BCUT2D eigenvalue weighted by Crippen LogP contribution is 2.51. The molecular weight excluding hydrogens is 586 g/mol. The normalized spacial score (nSPS) is 27.9. The van der Waals surface area contributed by atoms with E-state index in [1.54, 1.807) is 51.3 Å². The quantitative estimate of drug-likeness (QED) is 0.145. The average Bonchev–Trinajstić information content (AvgIpc) is 3.46. The van der Waals surface area contributed by atoms with Crippen LogP contribution in [0, 0.1) is 23.7 Å². The van der Waals surface area contributed by atoms with Gasteiger partial charge < -0.3 is 31.2 Å². The Morgan fingerprint density at radius 1 is 1.09 bits per heavy atom. The van der Waals surface area contributed by atoms with E-state index in [-0.39, 0.29) is 36.6 Å². The predicted molar refractivity (Wildman–Crippen MR) is 161 cm³/mol. The van der Waals surface area contributed by atoms with Crippen LogP contribution in [-0.4, -0.2) is 97.3 Å². The van der Waals surface area contributed by atoms with Crippen molar-refractivity contribution >= 4 is 58.2 Å². The molecule has 2 amide bonds. The molecule has 7 N–H and O–H groups in total. The van der Waals surface area contributed by atoms with Gasteiger partial charge in [0.2, 0.25) is 11.8 Å². The summed E-state index contributed by atoms with van der Waals surface area (Å²) in [5.41, 5.74) is 10.1. The summed E-state index contributed by atoms with van der Waals surface area (Å²) in [6.45, 7) is -0.353. The van der Waals surface area contributed by atoms with Gasteiger partial charge in [-0.05, 0) is 56.6 Å². The number of benzene rings is 1. The van der Waals surface area contributed by atoms with E-state index >= 15 is 0 Å². The minimum absolute atomic E-state index is 0.000713. The van der Waals surface area contributed by atoms with Crippen molar-refractivity contribution in [1.82, 2.24) is 4.90 Å². The molecule has 3 aliphatic rings. The zero-order valence-electron chi connectivity index (χ0n) is 25.2. The van der Waals surface area contributed by atoms with Gasteiger partial charge in [0.05, 0.1) is 18.2 Å². The number of ketones is 4. The number of likely N-dealkylation sites (N-methyl/N-ethyl adjacent to an activating group) is 1. The first kappa shape index (κ1) is 31.5. The number of anilines is 3. The molecule has 2 fully saturated rings. The molecule has 3 aliphatic carbocycles. The third-order valence-electron chi connectivity index (χ3n) is 8.83. The van der Waals surface area contributed by atoms with Crippen LogP contribution in [0.5, 0.6) is 0 Å². The SMILES string of the molecule is CN(C)c1cc(NC(=O)CN=C(N)Nc2ccco2)cc2c1CC1CC3[C@H](N(C)C)C(=O)C(C(N)=O)C(=O)[C@@]3(O)C(=O)C1C2=O. The lowest BCUT2D eigenvalue weighted by atomic mass is 9.52. The maximum Gasteiger partial charge on any atom is 0.246 e. The summed E-state index contributed by atoms with van der Waals surface area (Å²) < 4.78 is 5.12. The van der Waals surface area contributed by atoms with Crippen LogP contribution in [0.2, 0.25) is 0 Å². The Bertz CT molecular complexity index is 1630. The van der Waals surface area contributed by atoms with Gasteiger partial charge in [-0.25, -0.2) is 4.99 Å². The van der Waals surface area contributed by atoms with Crippen LogP contribution >= 0.6 is 0 Å². The molecule has 1 aromatic heterocycles. The Hall–Kier alpha value is -4.89. The lowest BCUT2D eigenvalue weighted by molar-refractivity contribution is -0.181. The van der Waals surface area contributed by atoms with Gasteiger partial charge in [0.1, 0.15) is 6.54 Å². The number of nitrogens with one attached hydrogen (secondary N) is 2. The summed E-state index contributed by atoms with van der Waals surface area (Å²) >= 11 is 0. The smallest absolute Gasteiger partial charge is 0.246 e. The van der Waals surface area contributed by atoms with Gasteiger partial charge in [-0.3, -0.25) is 39.0 Å². The first-order valence-electron chi connectivity index (χ1n) is 14.3. The molecule has 15 heteroatoms. The minimum Gasteiger partial charge on any atom is -0.449 e. The summed E-state index contributed by atoms with van der Waals surface area (Å²) in [7, 11) is 6.62. The van der Waals surface area contributed by atoms with Crippen molar-refractivity contribution in [2.75, 3.05) is 50.3 Å². The number of furan rings is 1. The molecule has 0 saturated heterocycles. The molecule has 2 aromatic rings. The molecule has 45 heavy (non-hydrogen) atoms. The molecule has 5 rings (SSSR count). The average molecular weight is 622 g/mol. The monoisotopic (exact) mass is 621 g/mol. The molecule has 0 radical (unpaired) electrons. The van der Waals surface area contributed by atoms with E-state index in [0.717, 1.165) is 0 Å². The minimum atomic E-state index is -2.76. The number of rotatable bonds is 7. The summed E-state index contributed by atoms with van der Waals surface area (Å²) in [5, 5.41) is 17.1. The number of carbonyl (C=O) groups is 6. The van der Waals surface area contributed by atoms with E-state index in [1.807, 2.05) is 0 Å². The number of hydrogen-bond donors (Lipinski definition) is 5. The summed E-state index contributed by atoms with van der Waals surface area (Å²) in [4.78, 5) is 86.9. The fourth-order valence-electron chi connectivity index (χ4n) is 6.93. The number of primary amides is 1. The summed E-state index contributed by atoms with van der Waals surface area (Å²) in [5.74, 6) is -10.5.